The van der Waals surface area contributed by atoms with Gasteiger partial charge in [-0.1, -0.05) is 38.1 Å². The molecule has 1 aromatic heterocycles. The molecule has 9 heteroatoms. The number of pyridine rings is 1. The number of benzene rings is 1. The van der Waals surface area contributed by atoms with Crippen molar-refractivity contribution in [3.05, 3.63) is 69.6 Å². The van der Waals surface area contributed by atoms with Gasteiger partial charge < -0.3 is 26.5 Å². The number of hydrogen-bond donors (Lipinski definition) is 4. The van der Waals surface area contributed by atoms with Crippen molar-refractivity contribution in [2.45, 2.75) is 45.2 Å². The van der Waals surface area contributed by atoms with E-state index in [0.717, 1.165) is 11.1 Å². The van der Waals surface area contributed by atoms with Gasteiger partial charge in [0.25, 0.3) is 11.5 Å². The fourth-order valence-electron chi connectivity index (χ4n) is 3.08. The van der Waals surface area contributed by atoms with Crippen LogP contribution in [0.1, 0.15) is 54.1 Å². The van der Waals surface area contributed by atoms with Crippen LogP contribution < -0.4 is 22.3 Å². The van der Waals surface area contributed by atoms with Gasteiger partial charge >= 0.3 is 5.97 Å². The molecule has 31 heavy (non-hydrogen) atoms. The third-order valence-corrected chi connectivity index (χ3v) is 4.78. The Morgan fingerprint density at radius 3 is 2.58 bits per heavy atom. The Balaban J connectivity index is 2.14. The molecule has 0 aliphatic carbocycles. The summed E-state index contributed by atoms with van der Waals surface area (Å²) in [4.78, 5) is 40.7. The first-order valence-electron chi connectivity index (χ1n) is 10.1. The molecule has 1 atom stereocenters. The SMILES string of the molecule is CC(C)c1cccc(Cn2cccc(C(=O)N[C@@H](CCCN=C(N)N)C(=O)O)c2=O)c1. The number of carbonyl (C=O) groups is 2. The number of aliphatic carboxylic acids is 1. The van der Waals surface area contributed by atoms with E-state index in [0.29, 0.717) is 18.9 Å². The molecule has 0 aliphatic rings. The maximum Gasteiger partial charge on any atom is 0.326 e. The van der Waals surface area contributed by atoms with E-state index >= 15 is 0 Å². The van der Waals surface area contributed by atoms with Crippen LogP contribution in [0.5, 0.6) is 0 Å². The quantitative estimate of drug-likeness (QED) is 0.254. The number of nitrogens with two attached hydrogens (primary N) is 2. The highest BCUT2D eigenvalue weighted by Crippen LogP contribution is 2.16. The molecule has 0 aliphatic heterocycles. The van der Waals surface area contributed by atoms with E-state index in [9.17, 15) is 19.5 Å². The van der Waals surface area contributed by atoms with E-state index in [1.165, 1.54) is 10.6 Å². The Morgan fingerprint density at radius 2 is 1.94 bits per heavy atom. The summed E-state index contributed by atoms with van der Waals surface area (Å²) in [7, 11) is 0. The Bertz CT molecular complexity index is 1010. The van der Waals surface area contributed by atoms with Crippen LogP contribution in [0.15, 0.2) is 52.4 Å². The number of carbonyl (C=O) groups excluding carboxylic acids is 1. The number of rotatable bonds is 10. The first-order chi connectivity index (χ1) is 14.7. The van der Waals surface area contributed by atoms with Gasteiger partial charge in [0, 0.05) is 12.7 Å². The van der Waals surface area contributed by atoms with Crippen LogP contribution in [0.3, 0.4) is 0 Å². The molecule has 166 valence electrons. The normalized spacial score (nSPS) is 11.7. The lowest BCUT2D eigenvalue weighted by Gasteiger charge is -2.15. The van der Waals surface area contributed by atoms with Crippen LogP contribution in [0, 0.1) is 0 Å². The van der Waals surface area contributed by atoms with Crippen molar-refractivity contribution >= 4 is 17.8 Å². The summed E-state index contributed by atoms with van der Waals surface area (Å²) in [5.41, 5.74) is 12.0. The second-order valence-electron chi connectivity index (χ2n) is 7.57. The van der Waals surface area contributed by atoms with Crippen LogP contribution >= 0.6 is 0 Å². The van der Waals surface area contributed by atoms with Gasteiger partial charge in [0.15, 0.2) is 5.96 Å². The molecule has 0 saturated carbocycles. The molecule has 0 unspecified atom stereocenters. The molecular formula is C22H29N5O4. The molecule has 0 fully saturated rings. The van der Waals surface area contributed by atoms with Crippen molar-refractivity contribution in [1.82, 2.24) is 9.88 Å². The Kier molecular flexibility index (Phi) is 8.36. The molecule has 0 spiro atoms. The van der Waals surface area contributed by atoms with Gasteiger partial charge in [-0.05, 0) is 42.0 Å². The summed E-state index contributed by atoms with van der Waals surface area (Å²) < 4.78 is 1.43. The van der Waals surface area contributed by atoms with E-state index in [1.54, 1.807) is 12.3 Å². The number of carboxylic acid groups (broad SMARTS) is 1. The lowest BCUT2D eigenvalue weighted by molar-refractivity contribution is -0.139. The van der Waals surface area contributed by atoms with Crippen LogP contribution in [0.2, 0.25) is 0 Å². The predicted octanol–water partition coefficient (Wildman–Crippen LogP) is 1.26. The Morgan fingerprint density at radius 1 is 1.19 bits per heavy atom. The third kappa shape index (κ3) is 6.98. The molecule has 2 aromatic rings. The number of hydrogen-bond acceptors (Lipinski definition) is 4. The number of aromatic nitrogens is 1. The number of guanidine groups is 1. The molecule has 0 bridgehead atoms. The molecule has 1 heterocycles. The first kappa shape index (κ1) is 23.7. The second kappa shape index (κ2) is 11.0. The van der Waals surface area contributed by atoms with Gasteiger partial charge in [0.2, 0.25) is 0 Å². The molecule has 2 rings (SSSR count). The van der Waals surface area contributed by atoms with Gasteiger partial charge in [-0.15, -0.1) is 0 Å². The third-order valence-electron chi connectivity index (χ3n) is 4.78. The highest BCUT2D eigenvalue weighted by molar-refractivity contribution is 5.96. The molecule has 0 radical (unpaired) electrons. The van der Waals surface area contributed by atoms with Crippen LogP contribution in [0.25, 0.3) is 0 Å². The van der Waals surface area contributed by atoms with E-state index in [1.807, 2.05) is 24.3 Å². The summed E-state index contributed by atoms with van der Waals surface area (Å²) >= 11 is 0. The number of amides is 1. The maximum atomic E-state index is 12.8. The summed E-state index contributed by atoms with van der Waals surface area (Å²) in [6.45, 7) is 4.73. The summed E-state index contributed by atoms with van der Waals surface area (Å²) in [5, 5.41) is 11.8. The molecule has 9 nitrogen and oxygen atoms in total. The van der Waals surface area contributed by atoms with Crippen LogP contribution in [-0.4, -0.2) is 40.1 Å². The van der Waals surface area contributed by atoms with Crippen molar-refractivity contribution in [3.8, 4) is 0 Å². The zero-order valence-electron chi connectivity index (χ0n) is 17.7. The van der Waals surface area contributed by atoms with E-state index in [2.05, 4.69) is 24.2 Å². The molecule has 6 N–H and O–H groups in total. The molecule has 0 saturated heterocycles. The highest BCUT2D eigenvalue weighted by Gasteiger charge is 2.22. The monoisotopic (exact) mass is 427 g/mol. The summed E-state index contributed by atoms with van der Waals surface area (Å²) in [5.74, 6) is -1.65. The lowest BCUT2D eigenvalue weighted by atomic mass is 10.0. The second-order valence-corrected chi connectivity index (χ2v) is 7.57. The highest BCUT2D eigenvalue weighted by atomic mass is 16.4. The fraction of sp³-hybridized carbons (Fsp3) is 0.364. The Hall–Kier alpha value is -3.62. The van der Waals surface area contributed by atoms with Gasteiger partial charge in [0.1, 0.15) is 11.6 Å². The average molecular weight is 428 g/mol. The number of aliphatic imine (C=N–C) groups is 1. The van der Waals surface area contributed by atoms with E-state index in [-0.39, 0.29) is 24.5 Å². The number of nitrogens with one attached hydrogen (secondary N) is 1. The molecule has 1 aromatic carbocycles. The maximum absolute atomic E-state index is 12.8. The van der Waals surface area contributed by atoms with Crippen molar-refractivity contribution in [2.24, 2.45) is 16.5 Å². The van der Waals surface area contributed by atoms with Crippen LogP contribution in [-0.2, 0) is 11.3 Å². The zero-order valence-corrected chi connectivity index (χ0v) is 17.7. The minimum Gasteiger partial charge on any atom is -0.480 e. The minimum absolute atomic E-state index is 0.0836. The molecular weight excluding hydrogens is 398 g/mol. The zero-order chi connectivity index (χ0) is 23.0. The van der Waals surface area contributed by atoms with E-state index < -0.39 is 23.5 Å². The predicted molar refractivity (Wildman–Crippen MR) is 119 cm³/mol. The topological polar surface area (TPSA) is 153 Å². The van der Waals surface area contributed by atoms with Crippen molar-refractivity contribution in [3.63, 3.8) is 0 Å². The number of carboxylic acids is 1. The summed E-state index contributed by atoms with van der Waals surface area (Å²) in [6.07, 6.45) is 2.09. The van der Waals surface area contributed by atoms with Crippen molar-refractivity contribution in [1.29, 1.82) is 0 Å². The standard InChI is InChI=1S/C22H29N5O4/c1-14(2)16-7-3-6-15(12-16)13-27-11-5-8-17(20(27)29)19(28)26-18(21(30)31)9-4-10-25-22(23)24/h3,5-8,11-12,14,18H,4,9-10,13H2,1-2H3,(H,26,28)(H,30,31)(H4,23,24,25)/t18-/m0/s1. The fourth-order valence-corrected chi connectivity index (χ4v) is 3.08. The molecule has 1 amide bonds. The first-order valence-corrected chi connectivity index (χ1v) is 10.1. The smallest absolute Gasteiger partial charge is 0.326 e. The Labute approximate surface area is 180 Å². The van der Waals surface area contributed by atoms with Gasteiger partial charge in [0.05, 0.1) is 6.54 Å². The lowest BCUT2D eigenvalue weighted by Crippen LogP contribution is -2.43. The van der Waals surface area contributed by atoms with Crippen molar-refractivity contribution in [2.75, 3.05) is 6.54 Å². The number of nitrogens with zero attached hydrogens (tertiary/aromatic N) is 2. The minimum atomic E-state index is -1.19. The van der Waals surface area contributed by atoms with Gasteiger partial charge in [-0.3, -0.25) is 14.6 Å². The van der Waals surface area contributed by atoms with Gasteiger partial charge in [-0.2, -0.15) is 0 Å². The van der Waals surface area contributed by atoms with Gasteiger partial charge in [-0.25, -0.2) is 4.79 Å². The summed E-state index contributed by atoms with van der Waals surface area (Å²) in [6, 6.07) is 9.74. The van der Waals surface area contributed by atoms with Crippen LogP contribution in [0.4, 0.5) is 0 Å². The largest absolute Gasteiger partial charge is 0.480 e. The van der Waals surface area contributed by atoms with Crippen molar-refractivity contribution < 1.29 is 14.7 Å². The average Bonchev–Trinajstić information content (AvgIpc) is 2.71. The van der Waals surface area contributed by atoms with E-state index in [4.69, 9.17) is 11.5 Å².